The predicted octanol–water partition coefficient (Wildman–Crippen LogP) is 1.64. The fraction of sp³-hybridized carbons (Fsp3) is 0.333. The van der Waals surface area contributed by atoms with E-state index in [-0.39, 0.29) is 16.3 Å². The zero-order valence-electron chi connectivity index (χ0n) is 14.8. The Hall–Kier alpha value is -3.03. The maximum Gasteiger partial charge on any atom is 0.241 e. The van der Waals surface area contributed by atoms with Gasteiger partial charge in [-0.15, -0.1) is 0 Å². The number of aromatic nitrogens is 4. The third-order valence-corrected chi connectivity index (χ3v) is 7.34. The van der Waals surface area contributed by atoms with Crippen LogP contribution in [0.2, 0.25) is 0 Å². The molecule has 3 fully saturated rings. The summed E-state index contributed by atoms with van der Waals surface area (Å²) >= 11 is 0. The van der Waals surface area contributed by atoms with Crippen LogP contribution in [-0.4, -0.2) is 39.1 Å². The van der Waals surface area contributed by atoms with Crippen molar-refractivity contribution in [2.45, 2.75) is 41.7 Å². The Kier molecular flexibility index (Phi) is 3.36. The van der Waals surface area contributed by atoms with Crippen LogP contribution in [0.25, 0.3) is 21.7 Å². The Morgan fingerprint density at radius 1 is 1.25 bits per heavy atom. The number of benzene rings is 1. The fourth-order valence-corrected chi connectivity index (χ4v) is 5.96. The van der Waals surface area contributed by atoms with Crippen molar-refractivity contribution >= 4 is 21.5 Å². The Balaban J connectivity index is 1.49. The van der Waals surface area contributed by atoms with Gasteiger partial charge in [0.05, 0.1) is 16.8 Å². The van der Waals surface area contributed by atoms with Crippen LogP contribution in [0.4, 0.5) is 5.82 Å². The van der Waals surface area contributed by atoms with Gasteiger partial charge < -0.3 is 10.6 Å². The second-order valence-corrected chi connectivity index (χ2v) is 9.31. The molecule has 28 heavy (non-hydrogen) atoms. The number of nitrogens with one attached hydrogen (secondary N) is 1. The van der Waals surface area contributed by atoms with Crippen molar-refractivity contribution in [3.8, 4) is 11.3 Å². The molecular formula is C18H17N7O2S. The summed E-state index contributed by atoms with van der Waals surface area (Å²) in [6, 6.07) is 6.63. The minimum absolute atomic E-state index is 0.170. The van der Waals surface area contributed by atoms with E-state index in [1.807, 2.05) is 0 Å². The maximum atomic E-state index is 13.0. The molecule has 3 aromatic rings. The van der Waals surface area contributed by atoms with Gasteiger partial charge in [0.2, 0.25) is 15.6 Å². The molecule has 142 valence electrons. The van der Waals surface area contributed by atoms with Crippen molar-refractivity contribution in [1.29, 1.82) is 0 Å². The molecule has 2 heterocycles. The molecule has 0 amide bonds. The van der Waals surface area contributed by atoms with Crippen LogP contribution in [-0.2, 0) is 10.0 Å². The van der Waals surface area contributed by atoms with Crippen molar-refractivity contribution in [2.75, 3.05) is 5.73 Å². The Morgan fingerprint density at radius 2 is 2.07 bits per heavy atom. The van der Waals surface area contributed by atoms with Crippen LogP contribution < -0.4 is 10.5 Å². The SMILES string of the molecule is [C-]#[N+]C12CCC(NS(=O)(=O)c3cccc(-c4cnc5c(N)ncnn45)c3)(C1)C2. The Bertz CT molecular complexity index is 1250. The standard InChI is InChI=1S/C18H17N7O2S/c1-20-17-5-6-18(9-17,10-17)24-28(26,27)13-4-2-3-12(7-13)14-8-21-16-15(19)22-11-23-25(14)16/h2-4,7-8,11,24H,5-6,9-10H2,(H2,19,22,23). The molecule has 0 radical (unpaired) electrons. The molecule has 3 aliphatic rings. The van der Waals surface area contributed by atoms with Gasteiger partial charge in [-0.2, -0.15) is 5.10 Å². The number of hydrogen-bond donors (Lipinski definition) is 2. The smallest absolute Gasteiger partial charge is 0.241 e. The first kappa shape index (κ1) is 17.1. The summed E-state index contributed by atoms with van der Waals surface area (Å²) in [5, 5.41) is 4.16. The molecule has 3 saturated carbocycles. The summed E-state index contributed by atoms with van der Waals surface area (Å²) in [6.45, 7) is 7.33. The monoisotopic (exact) mass is 395 g/mol. The van der Waals surface area contributed by atoms with Gasteiger partial charge in [0.25, 0.3) is 0 Å². The van der Waals surface area contributed by atoms with Crippen LogP contribution in [0.3, 0.4) is 0 Å². The van der Waals surface area contributed by atoms with Gasteiger partial charge in [0.15, 0.2) is 11.5 Å². The van der Waals surface area contributed by atoms with E-state index in [2.05, 4.69) is 24.6 Å². The molecule has 0 saturated heterocycles. The summed E-state index contributed by atoms with van der Waals surface area (Å²) in [5.41, 5.74) is 6.67. The van der Waals surface area contributed by atoms with Crippen LogP contribution in [0.15, 0.2) is 41.7 Å². The first-order valence-corrected chi connectivity index (χ1v) is 10.3. The lowest BCUT2D eigenvalue weighted by Gasteiger charge is -2.39. The molecule has 6 rings (SSSR count). The third-order valence-electron chi connectivity index (χ3n) is 5.76. The Labute approximate surface area is 161 Å². The fourth-order valence-electron chi connectivity index (χ4n) is 4.49. The predicted molar refractivity (Wildman–Crippen MR) is 101 cm³/mol. The molecule has 3 aliphatic carbocycles. The van der Waals surface area contributed by atoms with E-state index in [0.29, 0.717) is 36.2 Å². The number of sulfonamides is 1. The minimum atomic E-state index is -3.71. The van der Waals surface area contributed by atoms with Gasteiger partial charge in [-0.25, -0.2) is 34.2 Å². The number of nitrogens with zero attached hydrogens (tertiary/aromatic N) is 5. The lowest BCUT2D eigenvalue weighted by atomic mass is 9.72. The molecule has 0 atom stereocenters. The summed E-state index contributed by atoms with van der Waals surface area (Å²) < 4.78 is 30.4. The highest BCUT2D eigenvalue weighted by molar-refractivity contribution is 7.89. The molecule has 0 spiro atoms. The molecular weight excluding hydrogens is 378 g/mol. The van der Waals surface area contributed by atoms with Crippen LogP contribution >= 0.6 is 0 Å². The highest BCUT2D eigenvalue weighted by atomic mass is 32.2. The largest absolute Gasteiger partial charge is 0.381 e. The zero-order valence-corrected chi connectivity index (χ0v) is 15.6. The molecule has 2 bridgehead atoms. The van der Waals surface area contributed by atoms with Gasteiger partial charge in [-0.05, 0) is 18.6 Å². The second-order valence-electron chi connectivity index (χ2n) is 7.63. The minimum Gasteiger partial charge on any atom is -0.381 e. The average molecular weight is 395 g/mol. The molecule has 0 unspecified atom stereocenters. The molecule has 3 N–H and O–H groups in total. The van der Waals surface area contributed by atoms with Crippen molar-refractivity contribution in [3.05, 3.63) is 48.2 Å². The van der Waals surface area contributed by atoms with Crippen molar-refractivity contribution in [2.24, 2.45) is 0 Å². The van der Waals surface area contributed by atoms with E-state index in [1.54, 1.807) is 30.5 Å². The summed E-state index contributed by atoms with van der Waals surface area (Å²) in [5.74, 6) is 0.250. The second kappa shape index (κ2) is 5.50. The van der Waals surface area contributed by atoms with Gasteiger partial charge in [-0.1, -0.05) is 12.1 Å². The molecule has 2 aromatic heterocycles. The molecule has 0 aliphatic heterocycles. The van der Waals surface area contributed by atoms with Gasteiger partial charge in [0, 0.05) is 30.4 Å². The number of imidazole rings is 1. The average Bonchev–Trinajstić information content (AvgIpc) is 3.33. The van der Waals surface area contributed by atoms with E-state index in [9.17, 15) is 8.42 Å². The maximum absolute atomic E-state index is 13.0. The lowest BCUT2D eigenvalue weighted by Crippen LogP contribution is -2.57. The van der Waals surface area contributed by atoms with E-state index in [4.69, 9.17) is 12.3 Å². The number of nitrogen functional groups attached to an aromatic ring is 1. The quantitative estimate of drug-likeness (QED) is 0.648. The van der Waals surface area contributed by atoms with Crippen molar-refractivity contribution < 1.29 is 8.42 Å². The van der Waals surface area contributed by atoms with E-state index >= 15 is 0 Å². The Morgan fingerprint density at radius 3 is 2.82 bits per heavy atom. The molecule has 10 heteroatoms. The van der Waals surface area contributed by atoms with Gasteiger partial charge >= 0.3 is 0 Å². The number of rotatable bonds is 4. The lowest BCUT2D eigenvalue weighted by molar-refractivity contribution is 0.218. The molecule has 1 aromatic carbocycles. The summed E-state index contributed by atoms with van der Waals surface area (Å²) in [7, 11) is -3.71. The highest BCUT2D eigenvalue weighted by Crippen LogP contribution is 2.57. The summed E-state index contributed by atoms with van der Waals surface area (Å²) in [6.07, 6.45) is 5.55. The third kappa shape index (κ3) is 2.40. The number of nitrogens with two attached hydrogens (primary N) is 1. The zero-order chi connectivity index (χ0) is 19.6. The van der Waals surface area contributed by atoms with Crippen LogP contribution in [0, 0.1) is 6.57 Å². The van der Waals surface area contributed by atoms with Gasteiger partial charge in [-0.3, -0.25) is 0 Å². The highest BCUT2D eigenvalue weighted by Gasteiger charge is 2.67. The number of anilines is 1. The topological polar surface area (TPSA) is 120 Å². The van der Waals surface area contributed by atoms with E-state index in [1.165, 1.54) is 10.8 Å². The van der Waals surface area contributed by atoms with E-state index < -0.39 is 15.6 Å². The van der Waals surface area contributed by atoms with Crippen molar-refractivity contribution in [1.82, 2.24) is 24.3 Å². The summed E-state index contributed by atoms with van der Waals surface area (Å²) in [4.78, 5) is 12.0. The number of fused-ring (bicyclic) bond motifs is 2. The van der Waals surface area contributed by atoms with Gasteiger partial charge in [0.1, 0.15) is 6.33 Å². The normalized spacial score (nSPS) is 26.1. The molecule has 9 nitrogen and oxygen atoms in total. The van der Waals surface area contributed by atoms with E-state index in [0.717, 1.165) is 6.42 Å². The van der Waals surface area contributed by atoms with Crippen LogP contribution in [0.5, 0.6) is 0 Å². The number of hydrogen-bond acceptors (Lipinski definition) is 6. The van der Waals surface area contributed by atoms with Crippen molar-refractivity contribution in [3.63, 3.8) is 0 Å². The first-order valence-electron chi connectivity index (χ1n) is 8.83. The van der Waals surface area contributed by atoms with Crippen LogP contribution in [0.1, 0.15) is 25.7 Å². The first-order chi connectivity index (χ1) is 13.4.